The molecule has 0 aliphatic rings. The van der Waals surface area contributed by atoms with Crippen LogP contribution in [0.1, 0.15) is 26.7 Å². The Morgan fingerprint density at radius 2 is 1.73 bits per heavy atom. The molecule has 1 unspecified atom stereocenters. The van der Waals surface area contributed by atoms with E-state index in [0.29, 0.717) is 13.0 Å². The third-order valence-electron chi connectivity index (χ3n) is 3.70. The van der Waals surface area contributed by atoms with Gasteiger partial charge in [-0.3, -0.25) is 9.59 Å². The average molecular weight is 332 g/mol. The van der Waals surface area contributed by atoms with Crippen molar-refractivity contribution in [3.05, 3.63) is 0 Å². The molecule has 22 heavy (non-hydrogen) atoms. The molecule has 0 bridgehead atoms. The Morgan fingerprint density at radius 3 is 2.18 bits per heavy atom. The fourth-order valence-corrected chi connectivity index (χ4v) is 3.64. The van der Waals surface area contributed by atoms with E-state index in [1.54, 1.807) is 13.8 Å². The Balaban J connectivity index is 4.43. The van der Waals surface area contributed by atoms with Gasteiger partial charge in [-0.1, -0.05) is 25.7 Å². The second-order valence-electron chi connectivity index (χ2n) is 7.67. The van der Waals surface area contributed by atoms with E-state index in [1.165, 1.54) is 20.3 Å². The molecule has 0 aromatic heterocycles. The highest BCUT2D eigenvalue weighted by atomic mass is 28.3. The van der Waals surface area contributed by atoms with Gasteiger partial charge in [0.1, 0.15) is 0 Å². The summed E-state index contributed by atoms with van der Waals surface area (Å²) in [6, 6.07) is 1.26. The molecule has 0 aliphatic heterocycles. The monoisotopic (exact) mass is 331 g/mol. The summed E-state index contributed by atoms with van der Waals surface area (Å²) in [5.74, 6) is -0.930. The summed E-state index contributed by atoms with van der Waals surface area (Å²) in [7, 11) is 1.73. The van der Waals surface area contributed by atoms with E-state index in [2.05, 4.69) is 25.0 Å². The van der Waals surface area contributed by atoms with Crippen molar-refractivity contribution < 1.29 is 19.1 Å². The molecular formula is C16H33NO4Si. The second kappa shape index (κ2) is 9.30. The van der Waals surface area contributed by atoms with Crippen molar-refractivity contribution in [2.75, 3.05) is 27.3 Å². The van der Waals surface area contributed by atoms with Gasteiger partial charge in [-0.05, 0) is 33.2 Å². The Labute approximate surface area is 136 Å². The number of esters is 2. The van der Waals surface area contributed by atoms with Gasteiger partial charge in [-0.15, -0.1) is 0 Å². The van der Waals surface area contributed by atoms with E-state index < -0.39 is 13.5 Å². The third-order valence-corrected chi connectivity index (χ3v) is 5.55. The summed E-state index contributed by atoms with van der Waals surface area (Å²) < 4.78 is 9.66. The predicted octanol–water partition coefficient (Wildman–Crippen LogP) is 2.68. The van der Waals surface area contributed by atoms with Crippen LogP contribution in [-0.2, 0) is 19.1 Å². The van der Waals surface area contributed by atoms with E-state index in [-0.39, 0.29) is 17.9 Å². The van der Waals surface area contributed by atoms with Gasteiger partial charge in [0, 0.05) is 14.6 Å². The van der Waals surface area contributed by atoms with Crippen molar-refractivity contribution in [1.29, 1.82) is 0 Å². The van der Waals surface area contributed by atoms with Gasteiger partial charge in [-0.2, -0.15) is 0 Å². The van der Waals surface area contributed by atoms with Crippen molar-refractivity contribution in [3.8, 4) is 0 Å². The maximum atomic E-state index is 11.9. The zero-order valence-electron chi connectivity index (χ0n) is 15.2. The summed E-state index contributed by atoms with van der Waals surface area (Å²) in [5, 5.41) is 3.32. The van der Waals surface area contributed by atoms with Gasteiger partial charge < -0.3 is 14.8 Å². The van der Waals surface area contributed by atoms with Gasteiger partial charge in [0.15, 0.2) is 0 Å². The first-order chi connectivity index (χ1) is 10.0. The first-order valence-corrected chi connectivity index (χ1v) is 11.6. The van der Waals surface area contributed by atoms with Crippen LogP contribution in [0.15, 0.2) is 0 Å². The summed E-state index contributed by atoms with van der Waals surface area (Å²) in [4.78, 5) is 23.7. The largest absolute Gasteiger partial charge is 0.469 e. The van der Waals surface area contributed by atoms with Crippen LogP contribution in [0, 0.1) is 11.3 Å². The SMILES string of the molecule is COC(=O)C(CNCCC[Si](C)(C)C)CC(C)(C)C(=O)OC. The molecule has 0 saturated heterocycles. The fraction of sp³-hybridized carbons (Fsp3) is 0.875. The van der Waals surface area contributed by atoms with Crippen LogP contribution in [-0.4, -0.2) is 47.3 Å². The molecule has 1 atom stereocenters. The molecule has 0 heterocycles. The van der Waals surface area contributed by atoms with Gasteiger partial charge in [0.05, 0.1) is 25.6 Å². The summed E-state index contributed by atoms with van der Waals surface area (Å²) in [6.07, 6.45) is 1.53. The molecule has 0 aromatic carbocycles. The van der Waals surface area contributed by atoms with Crippen LogP contribution in [0.5, 0.6) is 0 Å². The molecule has 0 aliphatic carbocycles. The molecule has 0 aromatic rings. The first-order valence-electron chi connectivity index (χ1n) is 7.90. The lowest BCUT2D eigenvalue weighted by Gasteiger charge is -2.26. The summed E-state index contributed by atoms with van der Waals surface area (Å²) in [5.41, 5.74) is -0.701. The van der Waals surface area contributed by atoms with Crippen LogP contribution in [0.25, 0.3) is 0 Å². The van der Waals surface area contributed by atoms with Crippen LogP contribution in [0.2, 0.25) is 25.7 Å². The average Bonchev–Trinajstić information content (AvgIpc) is 2.42. The molecule has 0 radical (unpaired) electrons. The lowest BCUT2D eigenvalue weighted by atomic mass is 9.82. The molecule has 1 N–H and O–H groups in total. The van der Waals surface area contributed by atoms with Crippen molar-refractivity contribution in [2.24, 2.45) is 11.3 Å². The number of hydrogen-bond donors (Lipinski definition) is 1. The molecule has 0 rings (SSSR count). The minimum Gasteiger partial charge on any atom is -0.469 e. The van der Waals surface area contributed by atoms with E-state index in [0.717, 1.165) is 13.0 Å². The minimum atomic E-state index is -1.01. The normalized spacial score (nSPS) is 13.6. The molecule has 0 fully saturated rings. The number of rotatable bonds is 10. The lowest BCUT2D eigenvalue weighted by Crippen LogP contribution is -2.37. The Kier molecular flexibility index (Phi) is 8.93. The summed E-state index contributed by atoms with van der Waals surface area (Å²) in [6.45, 7) is 12.0. The molecule has 5 nitrogen and oxygen atoms in total. The highest BCUT2D eigenvalue weighted by Gasteiger charge is 2.35. The maximum absolute atomic E-state index is 11.9. The quantitative estimate of drug-likeness (QED) is 0.379. The van der Waals surface area contributed by atoms with Gasteiger partial charge >= 0.3 is 11.9 Å². The van der Waals surface area contributed by atoms with E-state index >= 15 is 0 Å². The van der Waals surface area contributed by atoms with E-state index in [1.807, 2.05) is 0 Å². The van der Waals surface area contributed by atoms with Gasteiger partial charge in [-0.25, -0.2) is 0 Å². The van der Waals surface area contributed by atoms with Crippen molar-refractivity contribution in [3.63, 3.8) is 0 Å². The highest BCUT2D eigenvalue weighted by Crippen LogP contribution is 2.27. The van der Waals surface area contributed by atoms with Crippen LogP contribution in [0.4, 0.5) is 0 Å². The Morgan fingerprint density at radius 1 is 1.14 bits per heavy atom. The van der Waals surface area contributed by atoms with Crippen LogP contribution >= 0.6 is 0 Å². The van der Waals surface area contributed by atoms with Gasteiger partial charge in [0.25, 0.3) is 0 Å². The van der Waals surface area contributed by atoms with Crippen LogP contribution in [0.3, 0.4) is 0 Å². The molecular weight excluding hydrogens is 298 g/mol. The Bertz CT molecular complexity index is 364. The molecule has 0 saturated carbocycles. The van der Waals surface area contributed by atoms with Crippen molar-refractivity contribution >= 4 is 20.0 Å². The number of methoxy groups -OCH3 is 2. The van der Waals surface area contributed by atoms with E-state index in [9.17, 15) is 9.59 Å². The van der Waals surface area contributed by atoms with Crippen LogP contribution < -0.4 is 5.32 Å². The lowest BCUT2D eigenvalue weighted by molar-refractivity contribution is -0.154. The molecule has 6 heteroatoms. The minimum absolute atomic E-state index is 0.283. The number of nitrogens with one attached hydrogen (secondary N) is 1. The maximum Gasteiger partial charge on any atom is 0.311 e. The number of carbonyl (C=O) groups excluding carboxylic acids is 2. The van der Waals surface area contributed by atoms with E-state index in [4.69, 9.17) is 9.47 Å². The smallest absolute Gasteiger partial charge is 0.311 e. The standard InChI is InChI=1S/C16H33NO4Si/c1-16(2,15(19)21-4)11-13(14(18)20-3)12-17-9-8-10-22(5,6)7/h13,17H,8-12H2,1-7H3. The molecule has 0 spiro atoms. The van der Waals surface area contributed by atoms with Crippen molar-refractivity contribution in [1.82, 2.24) is 5.32 Å². The summed E-state index contributed by atoms with van der Waals surface area (Å²) >= 11 is 0. The number of carbonyl (C=O) groups is 2. The fourth-order valence-electron chi connectivity index (χ4n) is 2.40. The zero-order valence-corrected chi connectivity index (χ0v) is 16.2. The highest BCUT2D eigenvalue weighted by molar-refractivity contribution is 6.76. The molecule has 0 amide bonds. The predicted molar refractivity (Wildman–Crippen MR) is 91.6 cm³/mol. The second-order valence-corrected chi connectivity index (χ2v) is 13.3. The molecule has 130 valence electrons. The first kappa shape index (κ1) is 21.1. The van der Waals surface area contributed by atoms with Crippen molar-refractivity contribution in [2.45, 2.75) is 52.4 Å². The zero-order chi connectivity index (χ0) is 17.4. The Hall–Kier alpha value is -0.883. The third kappa shape index (κ3) is 8.53. The number of hydrogen-bond acceptors (Lipinski definition) is 5. The topological polar surface area (TPSA) is 64.6 Å². The number of ether oxygens (including phenoxy) is 2. The van der Waals surface area contributed by atoms with Gasteiger partial charge in [0.2, 0.25) is 0 Å².